The van der Waals surface area contributed by atoms with Crippen molar-refractivity contribution in [3.63, 3.8) is 0 Å². The van der Waals surface area contributed by atoms with Crippen LogP contribution in [0.5, 0.6) is 0 Å². The van der Waals surface area contributed by atoms with Crippen LogP contribution in [0.1, 0.15) is 17.1 Å². The smallest absolute Gasteiger partial charge is 0.223 e. The van der Waals surface area contributed by atoms with E-state index in [0.717, 1.165) is 0 Å². The van der Waals surface area contributed by atoms with Crippen LogP contribution in [0.25, 0.3) is 5.65 Å². The highest BCUT2D eigenvalue weighted by Gasteiger charge is 2.11. The van der Waals surface area contributed by atoms with E-state index in [1.54, 1.807) is 13.8 Å². The molecular formula is C8H11N5O. The monoisotopic (exact) mass is 193 g/mol. The van der Waals surface area contributed by atoms with Crippen LogP contribution in [0.3, 0.4) is 0 Å². The molecule has 0 aliphatic heterocycles. The first-order valence-corrected chi connectivity index (χ1v) is 4.22. The number of nitrogens with two attached hydrogens (primary N) is 1. The maximum absolute atomic E-state index is 9.15. The van der Waals surface area contributed by atoms with Gasteiger partial charge in [-0.15, -0.1) is 5.10 Å². The van der Waals surface area contributed by atoms with Crippen LogP contribution >= 0.6 is 0 Å². The van der Waals surface area contributed by atoms with Gasteiger partial charge in [0.15, 0.2) is 5.65 Å². The number of aliphatic hydroxyl groups is 1. The normalized spacial score (nSPS) is 11.1. The molecule has 0 fully saturated rings. The van der Waals surface area contributed by atoms with Crippen molar-refractivity contribution < 1.29 is 5.11 Å². The molecule has 0 aliphatic rings. The van der Waals surface area contributed by atoms with E-state index < -0.39 is 0 Å². The van der Waals surface area contributed by atoms with Gasteiger partial charge >= 0.3 is 0 Å². The van der Waals surface area contributed by atoms with E-state index in [9.17, 15) is 0 Å². The van der Waals surface area contributed by atoms with Gasteiger partial charge in [-0.25, -0.2) is 9.97 Å². The fourth-order valence-corrected chi connectivity index (χ4v) is 1.40. The summed E-state index contributed by atoms with van der Waals surface area (Å²) >= 11 is 0. The Balaban J connectivity index is 2.89. The second-order valence-electron chi connectivity index (χ2n) is 3.09. The van der Waals surface area contributed by atoms with Gasteiger partial charge in [0.25, 0.3) is 0 Å². The first kappa shape index (κ1) is 8.89. The molecule has 0 radical (unpaired) electrons. The Bertz CT molecular complexity index is 490. The first-order chi connectivity index (χ1) is 6.63. The number of nitrogens with zero attached hydrogens (tertiary/aromatic N) is 4. The summed E-state index contributed by atoms with van der Waals surface area (Å²) in [7, 11) is 0. The summed E-state index contributed by atoms with van der Waals surface area (Å²) in [5.74, 6) is 0.897. The average molecular weight is 193 g/mol. The summed E-state index contributed by atoms with van der Waals surface area (Å²) in [6.45, 7) is 3.44. The molecule has 0 unspecified atom stereocenters. The van der Waals surface area contributed by atoms with Crippen LogP contribution in [0, 0.1) is 13.8 Å². The molecule has 0 aromatic carbocycles. The van der Waals surface area contributed by atoms with E-state index in [0.29, 0.717) is 22.7 Å². The van der Waals surface area contributed by atoms with E-state index in [2.05, 4.69) is 15.1 Å². The van der Waals surface area contributed by atoms with Crippen molar-refractivity contribution in [2.75, 3.05) is 5.73 Å². The summed E-state index contributed by atoms with van der Waals surface area (Å²) < 4.78 is 1.44. The lowest BCUT2D eigenvalue weighted by atomic mass is 10.2. The maximum atomic E-state index is 9.15. The predicted molar refractivity (Wildman–Crippen MR) is 50.6 cm³/mol. The van der Waals surface area contributed by atoms with Crippen molar-refractivity contribution in [3.05, 3.63) is 17.1 Å². The van der Waals surface area contributed by atoms with Gasteiger partial charge < -0.3 is 10.8 Å². The van der Waals surface area contributed by atoms with Crippen molar-refractivity contribution in [3.8, 4) is 0 Å². The van der Waals surface area contributed by atoms with Gasteiger partial charge in [-0.2, -0.15) is 4.52 Å². The fourth-order valence-electron chi connectivity index (χ4n) is 1.40. The van der Waals surface area contributed by atoms with Crippen LogP contribution < -0.4 is 5.73 Å². The summed E-state index contributed by atoms with van der Waals surface area (Å²) in [5.41, 5.74) is 7.59. The number of hydrogen-bond donors (Lipinski definition) is 2. The van der Waals surface area contributed by atoms with Crippen LogP contribution in [-0.4, -0.2) is 24.7 Å². The SMILES string of the molecule is Cc1nc2c(CO)c(C)nc(N)n2n1. The van der Waals surface area contributed by atoms with Crippen molar-refractivity contribution in [2.24, 2.45) is 0 Å². The molecule has 2 aromatic rings. The van der Waals surface area contributed by atoms with Crippen molar-refractivity contribution in [1.29, 1.82) is 0 Å². The molecule has 0 spiro atoms. The number of anilines is 1. The summed E-state index contributed by atoms with van der Waals surface area (Å²) in [5, 5.41) is 13.2. The Labute approximate surface area is 80.4 Å². The van der Waals surface area contributed by atoms with Crippen LogP contribution in [0.15, 0.2) is 0 Å². The molecule has 0 saturated heterocycles. The van der Waals surface area contributed by atoms with Gasteiger partial charge in [0.05, 0.1) is 12.3 Å². The summed E-state index contributed by atoms with van der Waals surface area (Å²) in [6.07, 6.45) is 0. The van der Waals surface area contributed by atoms with E-state index in [-0.39, 0.29) is 12.6 Å². The van der Waals surface area contributed by atoms with Crippen LogP contribution in [0.4, 0.5) is 5.95 Å². The molecule has 6 nitrogen and oxygen atoms in total. The average Bonchev–Trinajstić information content (AvgIpc) is 2.48. The molecule has 2 rings (SSSR count). The minimum atomic E-state index is -0.110. The molecule has 6 heteroatoms. The predicted octanol–water partition coefficient (Wildman–Crippen LogP) is -0.184. The topological polar surface area (TPSA) is 89.3 Å². The highest BCUT2D eigenvalue weighted by atomic mass is 16.3. The van der Waals surface area contributed by atoms with Crippen molar-refractivity contribution >= 4 is 11.6 Å². The number of aryl methyl sites for hydroxylation is 2. The Hall–Kier alpha value is -1.69. The number of aromatic nitrogens is 4. The third-order valence-corrected chi connectivity index (χ3v) is 2.08. The van der Waals surface area contributed by atoms with Crippen LogP contribution in [-0.2, 0) is 6.61 Å². The molecule has 2 heterocycles. The maximum Gasteiger partial charge on any atom is 0.223 e. The second kappa shape index (κ2) is 2.91. The zero-order valence-electron chi connectivity index (χ0n) is 8.02. The van der Waals surface area contributed by atoms with Gasteiger partial charge in [-0.1, -0.05) is 0 Å². The first-order valence-electron chi connectivity index (χ1n) is 4.22. The Morgan fingerprint density at radius 2 is 2.07 bits per heavy atom. The molecule has 0 bridgehead atoms. The van der Waals surface area contributed by atoms with Crippen molar-refractivity contribution in [1.82, 2.24) is 19.6 Å². The number of hydrogen-bond acceptors (Lipinski definition) is 5. The molecule has 0 aliphatic carbocycles. The minimum Gasteiger partial charge on any atom is -0.391 e. The van der Waals surface area contributed by atoms with Crippen molar-refractivity contribution in [2.45, 2.75) is 20.5 Å². The van der Waals surface area contributed by atoms with E-state index in [1.165, 1.54) is 4.52 Å². The number of nitrogen functional groups attached to an aromatic ring is 1. The van der Waals surface area contributed by atoms with E-state index >= 15 is 0 Å². The summed E-state index contributed by atoms with van der Waals surface area (Å²) in [4.78, 5) is 8.24. The zero-order valence-corrected chi connectivity index (χ0v) is 8.02. The van der Waals surface area contributed by atoms with E-state index in [4.69, 9.17) is 10.8 Å². The second-order valence-corrected chi connectivity index (χ2v) is 3.09. The third-order valence-electron chi connectivity index (χ3n) is 2.08. The highest BCUT2D eigenvalue weighted by molar-refractivity contribution is 5.52. The van der Waals surface area contributed by atoms with Gasteiger partial charge in [0.2, 0.25) is 5.95 Å². The lowest BCUT2D eigenvalue weighted by Crippen LogP contribution is -2.07. The largest absolute Gasteiger partial charge is 0.391 e. The highest BCUT2D eigenvalue weighted by Crippen LogP contribution is 2.14. The van der Waals surface area contributed by atoms with E-state index in [1.807, 2.05) is 0 Å². The lowest BCUT2D eigenvalue weighted by molar-refractivity contribution is 0.281. The fraction of sp³-hybridized carbons (Fsp3) is 0.375. The molecule has 0 saturated carbocycles. The summed E-state index contributed by atoms with van der Waals surface area (Å²) in [6, 6.07) is 0. The quantitative estimate of drug-likeness (QED) is 0.655. The molecular weight excluding hydrogens is 182 g/mol. The van der Waals surface area contributed by atoms with Gasteiger partial charge in [0.1, 0.15) is 5.82 Å². The number of aliphatic hydroxyl groups excluding tert-OH is 1. The molecule has 3 N–H and O–H groups in total. The third kappa shape index (κ3) is 1.12. The van der Waals surface area contributed by atoms with Crippen LogP contribution in [0.2, 0.25) is 0 Å². The number of fused-ring (bicyclic) bond motifs is 1. The Morgan fingerprint density at radius 1 is 1.36 bits per heavy atom. The molecule has 14 heavy (non-hydrogen) atoms. The number of rotatable bonds is 1. The molecule has 74 valence electrons. The minimum absolute atomic E-state index is 0.110. The molecule has 0 atom stereocenters. The lowest BCUT2D eigenvalue weighted by Gasteiger charge is -2.04. The Kier molecular flexibility index (Phi) is 1.85. The molecule has 2 aromatic heterocycles. The zero-order chi connectivity index (χ0) is 10.3. The van der Waals surface area contributed by atoms with Gasteiger partial charge in [-0.3, -0.25) is 0 Å². The van der Waals surface area contributed by atoms with Gasteiger partial charge in [0, 0.05) is 5.56 Å². The van der Waals surface area contributed by atoms with Gasteiger partial charge in [-0.05, 0) is 13.8 Å². The molecule has 0 amide bonds. The standard InChI is InChI=1S/C8H11N5O/c1-4-6(3-14)7-11-5(2)12-13(7)8(9)10-4/h14H,3H2,1-2H3,(H2,9,10). The Morgan fingerprint density at radius 3 is 2.71 bits per heavy atom.